The Morgan fingerprint density at radius 3 is 2.88 bits per heavy atom. The Kier molecular flexibility index (Phi) is 1.84. The van der Waals surface area contributed by atoms with Crippen molar-refractivity contribution in [3.05, 3.63) is 11.1 Å². The maximum atomic E-state index is 3.33. The Morgan fingerprint density at radius 2 is 2.62 bits per heavy atom. The molecular formula is C6H11NS. The summed E-state index contributed by atoms with van der Waals surface area (Å²) in [6.07, 6.45) is 1.14. The second-order valence-electron chi connectivity index (χ2n) is 1.92. The van der Waals surface area contributed by atoms with E-state index >= 15 is 0 Å². The predicted molar refractivity (Wildman–Crippen MR) is 38.6 cm³/mol. The van der Waals surface area contributed by atoms with Crippen molar-refractivity contribution in [2.45, 2.75) is 25.6 Å². The first-order valence-corrected chi connectivity index (χ1v) is 3.88. The first-order valence-electron chi connectivity index (χ1n) is 2.94. The summed E-state index contributed by atoms with van der Waals surface area (Å²) in [5.74, 6) is 0. The van der Waals surface area contributed by atoms with Crippen LogP contribution in [0.3, 0.4) is 0 Å². The molecule has 1 unspecified atom stereocenters. The SMILES string of the molecule is CCC1=CSC(C)N1. The molecule has 1 rings (SSSR count). The number of nitrogens with one attached hydrogen (secondary N) is 1. The summed E-state index contributed by atoms with van der Waals surface area (Å²) in [7, 11) is 0. The number of thioether (sulfide) groups is 1. The van der Waals surface area contributed by atoms with E-state index in [0.717, 1.165) is 6.42 Å². The zero-order valence-corrected chi connectivity index (χ0v) is 6.09. The first-order chi connectivity index (χ1) is 3.83. The third-order valence-corrected chi connectivity index (χ3v) is 2.13. The molecule has 1 aliphatic rings. The molecule has 0 aromatic heterocycles. The number of hydrogen-bond acceptors (Lipinski definition) is 2. The normalized spacial score (nSPS) is 27.2. The molecule has 0 fully saturated rings. The van der Waals surface area contributed by atoms with Gasteiger partial charge in [-0.05, 0) is 18.8 Å². The highest BCUT2D eigenvalue weighted by molar-refractivity contribution is 8.02. The van der Waals surface area contributed by atoms with E-state index in [2.05, 4.69) is 24.6 Å². The molecule has 0 saturated carbocycles. The molecule has 0 aromatic carbocycles. The third kappa shape index (κ3) is 1.19. The van der Waals surface area contributed by atoms with E-state index in [1.807, 2.05) is 11.8 Å². The highest BCUT2D eigenvalue weighted by atomic mass is 32.2. The molecular weight excluding hydrogens is 118 g/mol. The Morgan fingerprint density at radius 1 is 1.88 bits per heavy atom. The Bertz CT molecular complexity index is 109. The highest BCUT2D eigenvalue weighted by Gasteiger charge is 2.07. The van der Waals surface area contributed by atoms with Crippen LogP contribution in [0.2, 0.25) is 0 Å². The van der Waals surface area contributed by atoms with E-state index in [0.29, 0.717) is 5.37 Å². The fraction of sp³-hybridized carbons (Fsp3) is 0.667. The predicted octanol–water partition coefficient (Wildman–Crippen LogP) is 1.92. The fourth-order valence-corrected chi connectivity index (χ4v) is 1.52. The summed E-state index contributed by atoms with van der Waals surface area (Å²) in [6.45, 7) is 4.33. The molecule has 0 saturated heterocycles. The molecule has 8 heavy (non-hydrogen) atoms. The molecule has 1 aliphatic heterocycles. The molecule has 46 valence electrons. The van der Waals surface area contributed by atoms with Crippen molar-refractivity contribution in [1.82, 2.24) is 5.32 Å². The first kappa shape index (κ1) is 6.02. The zero-order chi connectivity index (χ0) is 5.98. The van der Waals surface area contributed by atoms with E-state index in [9.17, 15) is 0 Å². The summed E-state index contributed by atoms with van der Waals surface area (Å²) >= 11 is 1.86. The molecule has 0 amide bonds. The molecule has 1 heterocycles. The summed E-state index contributed by atoms with van der Waals surface area (Å²) in [6, 6.07) is 0. The van der Waals surface area contributed by atoms with Crippen LogP contribution in [0.1, 0.15) is 20.3 Å². The minimum absolute atomic E-state index is 0.602. The smallest absolute Gasteiger partial charge is 0.0732 e. The lowest BCUT2D eigenvalue weighted by Gasteiger charge is -2.03. The van der Waals surface area contributed by atoms with E-state index < -0.39 is 0 Å². The van der Waals surface area contributed by atoms with Gasteiger partial charge in [0.15, 0.2) is 0 Å². The average molecular weight is 129 g/mol. The van der Waals surface area contributed by atoms with Crippen molar-refractivity contribution in [1.29, 1.82) is 0 Å². The van der Waals surface area contributed by atoms with Crippen molar-refractivity contribution in [3.63, 3.8) is 0 Å². The van der Waals surface area contributed by atoms with Crippen molar-refractivity contribution in [3.8, 4) is 0 Å². The van der Waals surface area contributed by atoms with Gasteiger partial charge in [-0.15, -0.1) is 11.8 Å². The molecule has 2 heteroatoms. The second kappa shape index (κ2) is 2.44. The van der Waals surface area contributed by atoms with Crippen LogP contribution in [-0.2, 0) is 0 Å². The summed E-state index contributed by atoms with van der Waals surface area (Å²) in [4.78, 5) is 0. The maximum absolute atomic E-state index is 3.33. The van der Waals surface area contributed by atoms with Gasteiger partial charge >= 0.3 is 0 Å². The van der Waals surface area contributed by atoms with Gasteiger partial charge < -0.3 is 5.32 Å². The summed E-state index contributed by atoms with van der Waals surface area (Å²) in [5, 5.41) is 6.13. The van der Waals surface area contributed by atoms with Crippen LogP contribution in [0.25, 0.3) is 0 Å². The minimum Gasteiger partial charge on any atom is -0.376 e. The van der Waals surface area contributed by atoms with Gasteiger partial charge in [0.1, 0.15) is 0 Å². The van der Waals surface area contributed by atoms with Crippen LogP contribution in [0.15, 0.2) is 11.1 Å². The monoisotopic (exact) mass is 129 g/mol. The van der Waals surface area contributed by atoms with Crippen LogP contribution < -0.4 is 5.32 Å². The lowest BCUT2D eigenvalue weighted by Crippen LogP contribution is -2.15. The average Bonchev–Trinajstić information content (AvgIpc) is 2.14. The summed E-state index contributed by atoms with van der Waals surface area (Å²) in [5.41, 5.74) is 1.38. The van der Waals surface area contributed by atoms with E-state index in [-0.39, 0.29) is 0 Å². The van der Waals surface area contributed by atoms with Gasteiger partial charge in [-0.1, -0.05) is 6.92 Å². The highest BCUT2D eigenvalue weighted by Crippen LogP contribution is 2.20. The number of allylic oxidation sites excluding steroid dienone is 1. The number of rotatable bonds is 1. The minimum atomic E-state index is 0.602. The summed E-state index contributed by atoms with van der Waals surface area (Å²) < 4.78 is 0. The molecule has 0 spiro atoms. The van der Waals surface area contributed by atoms with Crippen molar-refractivity contribution >= 4 is 11.8 Å². The Hall–Kier alpha value is -0.110. The fourth-order valence-electron chi connectivity index (χ4n) is 0.699. The molecule has 0 aromatic rings. The van der Waals surface area contributed by atoms with Crippen molar-refractivity contribution < 1.29 is 0 Å². The third-order valence-electron chi connectivity index (χ3n) is 1.18. The van der Waals surface area contributed by atoms with Gasteiger partial charge in [0.25, 0.3) is 0 Å². The van der Waals surface area contributed by atoms with Crippen LogP contribution in [0, 0.1) is 0 Å². The molecule has 1 N–H and O–H groups in total. The Balaban J connectivity index is 2.37. The van der Waals surface area contributed by atoms with Crippen LogP contribution in [-0.4, -0.2) is 5.37 Å². The van der Waals surface area contributed by atoms with Crippen molar-refractivity contribution in [2.75, 3.05) is 0 Å². The molecule has 0 radical (unpaired) electrons. The largest absolute Gasteiger partial charge is 0.376 e. The molecule has 0 bridgehead atoms. The van der Waals surface area contributed by atoms with Gasteiger partial charge in [0, 0.05) is 5.70 Å². The lowest BCUT2D eigenvalue weighted by molar-refractivity contribution is 0.784. The van der Waals surface area contributed by atoms with Crippen LogP contribution in [0.5, 0.6) is 0 Å². The van der Waals surface area contributed by atoms with E-state index in [4.69, 9.17) is 0 Å². The van der Waals surface area contributed by atoms with Gasteiger partial charge in [0.05, 0.1) is 5.37 Å². The topological polar surface area (TPSA) is 12.0 Å². The second-order valence-corrected chi connectivity index (χ2v) is 3.13. The van der Waals surface area contributed by atoms with Crippen LogP contribution >= 0.6 is 11.8 Å². The molecule has 0 aliphatic carbocycles. The van der Waals surface area contributed by atoms with E-state index in [1.54, 1.807) is 0 Å². The van der Waals surface area contributed by atoms with Gasteiger partial charge in [-0.3, -0.25) is 0 Å². The quantitative estimate of drug-likeness (QED) is 0.580. The maximum Gasteiger partial charge on any atom is 0.0732 e. The zero-order valence-electron chi connectivity index (χ0n) is 5.27. The molecule has 1 nitrogen and oxygen atoms in total. The Labute approximate surface area is 54.5 Å². The van der Waals surface area contributed by atoms with Gasteiger partial charge in [-0.2, -0.15) is 0 Å². The van der Waals surface area contributed by atoms with Gasteiger partial charge in [0.2, 0.25) is 0 Å². The van der Waals surface area contributed by atoms with Crippen molar-refractivity contribution in [2.24, 2.45) is 0 Å². The van der Waals surface area contributed by atoms with Gasteiger partial charge in [-0.25, -0.2) is 0 Å². The van der Waals surface area contributed by atoms with Crippen LogP contribution in [0.4, 0.5) is 0 Å². The number of hydrogen-bond donors (Lipinski definition) is 1. The molecule has 1 atom stereocenters. The van der Waals surface area contributed by atoms with E-state index in [1.165, 1.54) is 5.70 Å². The lowest BCUT2D eigenvalue weighted by atomic mass is 10.4. The standard InChI is InChI=1S/C6H11NS/c1-3-6-4-8-5(2)7-6/h4-5,7H,3H2,1-2H3.